The molecule has 0 fully saturated rings. The topological polar surface area (TPSA) is 46.2 Å². The summed E-state index contributed by atoms with van der Waals surface area (Å²) in [7, 11) is 0. The Balaban J connectivity index is 2.53. The number of carbonyl (C=O) groups is 2. The number of carbonyl (C=O) groups excluding carboxylic acids is 2. The maximum atomic E-state index is 11.3. The molecular weight excluding hydrogens is 166 g/mol. The molecule has 66 valence electrons. The van der Waals surface area contributed by atoms with Crippen LogP contribution in [-0.4, -0.2) is 11.7 Å². The Morgan fingerprint density at radius 1 is 1.38 bits per heavy atom. The smallest absolute Gasteiger partial charge is 0.252 e. The summed E-state index contributed by atoms with van der Waals surface area (Å²) >= 11 is 0. The Hall–Kier alpha value is -1.64. The molecule has 0 bridgehead atoms. The second-order valence-corrected chi connectivity index (χ2v) is 3.10. The molecule has 3 heteroatoms. The number of nitrogens with one attached hydrogen (secondary N) is 1. The van der Waals surface area contributed by atoms with Crippen LogP contribution in [0.4, 0.5) is 0 Å². The zero-order valence-electron chi connectivity index (χ0n) is 7.20. The molecule has 1 N–H and O–H groups in total. The molecule has 2 rings (SSSR count). The highest BCUT2D eigenvalue weighted by molar-refractivity contribution is 6.04. The summed E-state index contributed by atoms with van der Waals surface area (Å²) in [6.45, 7) is 1.48. The number of ketones is 1. The largest absolute Gasteiger partial charge is 0.338 e. The third kappa shape index (κ3) is 1.13. The Morgan fingerprint density at radius 2 is 2.08 bits per heavy atom. The number of Topliss-reactive ketones (excluding diaryl/α,β-unsaturated/α-hetero) is 1. The Bertz CT molecular complexity index is 384. The minimum atomic E-state index is -0.441. The highest BCUT2D eigenvalue weighted by Crippen LogP contribution is 2.25. The highest BCUT2D eigenvalue weighted by Gasteiger charge is 2.30. The maximum absolute atomic E-state index is 11.3. The average Bonchev–Trinajstić information content (AvgIpc) is 2.45. The van der Waals surface area contributed by atoms with E-state index in [1.807, 2.05) is 6.07 Å². The van der Waals surface area contributed by atoms with Crippen molar-refractivity contribution in [3.05, 3.63) is 35.4 Å². The molecule has 1 heterocycles. The Morgan fingerprint density at radius 3 is 2.77 bits per heavy atom. The quantitative estimate of drug-likeness (QED) is 0.693. The minimum Gasteiger partial charge on any atom is -0.338 e. The van der Waals surface area contributed by atoms with Crippen molar-refractivity contribution >= 4 is 11.7 Å². The van der Waals surface area contributed by atoms with E-state index >= 15 is 0 Å². The van der Waals surface area contributed by atoms with Gasteiger partial charge in [-0.25, -0.2) is 0 Å². The van der Waals surface area contributed by atoms with Crippen LogP contribution < -0.4 is 5.32 Å². The van der Waals surface area contributed by atoms with E-state index in [-0.39, 0.29) is 11.7 Å². The van der Waals surface area contributed by atoms with E-state index < -0.39 is 6.04 Å². The molecule has 0 saturated carbocycles. The lowest BCUT2D eigenvalue weighted by atomic mass is 10.0. The van der Waals surface area contributed by atoms with Crippen LogP contribution in [0.3, 0.4) is 0 Å². The van der Waals surface area contributed by atoms with Crippen LogP contribution in [0.5, 0.6) is 0 Å². The van der Waals surface area contributed by atoms with Crippen molar-refractivity contribution in [2.24, 2.45) is 0 Å². The predicted molar refractivity (Wildman–Crippen MR) is 47.3 cm³/mol. The van der Waals surface area contributed by atoms with Gasteiger partial charge in [-0.2, -0.15) is 0 Å². The molecule has 0 saturated heterocycles. The van der Waals surface area contributed by atoms with Crippen LogP contribution >= 0.6 is 0 Å². The van der Waals surface area contributed by atoms with E-state index in [0.29, 0.717) is 5.56 Å². The van der Waals surface area contributed by atoms with Crippen molar-refractivity contribution < 1.29 is 9.59 Å². The zero-order chi connectivity index (χ0) is 9.42. The number of fused-ring (bicyclic) bond motifs is 1. The van der Waals surface area contributed by atoms with Crippen LogP contribution in [0.25, 0.3) is 0 Å². The first kappa shape index (κ1) is 7.98. The summed E-state index contributed by atoms with van der Waals surface area (Å²) in [6.07, 6.45) is 0. The van der Waals surface area contributed by atoms with E-state index in [9.17, 15) is 9.59 Å². The third-order valence-electron chi connectivity index (χ3n) is 2.20. The van der Waals surface area contributed by atoms with Gasteiger partial charge >= 0.3 is 0 Å². The molecule has 1 aliphatic rings. The number of amides is 1. The average molecular weight is 175 g/mol. The fourth-order valence-electron chi connectivity index (χ4n) is 1.56. The second kappa shape index (κ2) is 2.69. The van der Waals surface area contributed by atoms with E-state index in [0.717, 1.165) is 5.56 Å². The van der Waals surface area contributed by atoms with Gasteiger partial charge in [0, 0.05) is 5.56 Å². The Labute approximate surface area is 75.8 Å². The van der Waals surface area contributed by atoms with Crippen molar-refractivity contribution in [1.82, 2.24) is 5.32 Å². The molecule has 3 nitrogen and oxygen atoms in total. The molecule has 1 atom stereocenters. The molecule has 1 amide bonds. The zero-order valence-corrected chi connectivity index (χ0v) is 7.20. The standard InChI is InChI=1S/C10H9NO2/c1-6(12)9-7-4-2-3-5-8(7)10(13)11-9/h2-5,9H,1H3,(H,11,13). The number of hydrogen-bond donors (Lipinski definition) is 1. The summed E-state index contributed by atoms with van der Waals surface area (Å²) in [6, 6.07) is 6.71. The van der Waals surface area contributed by atoms with Gasteiger partial charge in [0.2, 0.25) is 0 Å². The maximum Gasteiger partial charge on any atom is 0.252 e. The SMILES string of the molecule is CC(=O)C1NC(=O)c2ccccc21. The molecular formula is C10H9NO2. The molecule has 1 aromatic rings. The first-order valence-corrected chi connectivity index (χ1v) is 4.10. The van der Waals surface area contributed by atoms with Gasteiger partial charge in [-0.1, -0.05) is 18.2 Å². The summed E-state index contributed by atoms with van der Waals surface area (Å²) in [5, 5.41) is 2.63. The lowest BCUT2D eigenvalue weighted by Gasteiger charge is -2.05. The third-order valence-corrected chi connectivity index (χ3v) is 2.20. The molecule has 13 heavy (non-hydrogen) atoms. The molecule has 0 spiro atoms. The fraction of sp³-hybridized carbons (Fsp3) is 0.200. The van der Waals surface area contributed by atoms with Crippen LogP contribution in [-0.2, 0) is 4.79 Å². The predicted octanol–water partition coefficient (Wildman–Crippen LogP) is 1.06. The van der Waals surface area contributed by atoms with Gasteiger partial charge in [-0.3, -0.25) is 9.59 Å². The van der Waals surface area contributed by atoms with Gasteiger partial charge in [0.05, 0.1) is 0 Å². The first-order chi connectivity index (χ1) is 6.20. The minimum absolute atomic E-state index is 0.0294. The summed E-state index contributed by atoms with van der Waals surface area (Å²) in [5.41, 5.74) is 1.41. The van der Waals surface area contributed by atoms with Crippen molar-refractivity contribution in [2.75, 3.05) is 0 Å². The van der Waals surface area contributed by atoms with Crippen molar-refractivity contribution in [2.45, 2.75) is 13.0 Å². The summed E-state index contributed by atoms with van der Waals surface area (Å²) in [5.74, 6) is -0.186. The molecule has 0 aromatic heterocycles. The van der Waals surface area contributed by atoms with Crippen molar-refractivity contribution in [3.8, 4) is 0 Å². The van der Waals surface area contributed by atoms with Crippen LogP contribution in [0.2, 0.25) is 0 Å². The van der Waals surface area contributed by atoms with Crippen LogP contribution in [0.15, 0.2) is 24.3 Å². The van der Waals surface area contributed by atoms with Gasteiger partial charge in [-0.15, -0.1) is 0 Å². The highest BCUT2D eigenvalue weighted by atomic mass is 16.2. The normalized spacial score (nSPS) is 19.5. The fourth-order valence-corrected chi connectivity index (χ4v) is 1.56. The lowest BCUT2D eigenvalue weighted by Crippen LogP contribution is -2.23. The molecule has 1 aromatic carbocycles. The summed E-state index contributed by atoms with van der Waals surface area (Å²) in [4.78, 5) is 22.5. The van der Waals surface area contributed by atoms with Crippen molar-refractivity contribution in [3.63, 3.8) is 0 Å². The van der Waals surface area contributed by atoms with Gasteiger partial charge in [0.1, 0.15) is 6.04 Å². The number of benzene rings is 1. The van der Waals surface area contributed by atoms with Gasteiger partial charge in [-0.05, 0) is 18.6 Å². The molecule has 1 aliphatic heterocycles. The second-order valence-electron chi connectivity index (χ2n) is 3.10. The molecule has 1 unspecified atom stereocenters. The van der Waals surface area contributed by atoms with Crippen molar-refractivity contribution in [1.29, 1.82) is 0 Å². The number of hydrogen-bond acceptors (Lipinski definition) is 2. The Kier molecular flexibility index (Phi) is 1.65. The van der Waals surface area contributed by atoms with Gasteiger partial charge in [0.25, 0.3) is 5.91 Å². The summed E-state index contributed by atoms with van der Waals surface area (Å²) < 4.78 is 0. The van der Waals surface area contributed by atoms with E-state index in [4.69, 9.17) is 0 Å². The lowest BCUT2D eigenvalue weighted by molar-refractivity contribution is -0.118. The van der Waals surface area contributed by atoms with Gasteiger partial charge < -0.3 is 5.32 Å². The van der Waals surface area contributed by atoms with E-state index in [2.05, 4.69) is 5.32 Å². The number of rotatable bonds is 1. The monoisotopic (exact) mass is 175 g/mol. The van der Waals surface area contributed by atoms with E-state index in [1.54, 1.807) is 18.2 Å². The van der Waals surface area contributed by atoms with E-state index in [1.165, 1.54) is 6.92 Å². The van der Waals surface area contributed by atoms with Crippen LogP contribution in [0, 0.1) is 0 Å². The first-order valence-electron chi connectivity index (χ1n) is 4.10. The van der Waals surface area contributed by atoms with Crippen LogP contribution in [0.1, 0.15) is 28.9 Å². The molecule has 0 radical (unpaired) electrons. The molecule has 0 aliphatic carbocycles. The van der Waals surface area contributed by atoms with Gasteiger partial charge in [0.15, 0.2) is 5.78 Å².